The number of carbonyl (C=O) groups is 1. The minimum Gasteiger partial charge on any atom is -0.340 e. The minimum atomic E-state index is -3.06. The molecule has 1 amide bonds. The first-order valence-electron chi connectivity index (χ1n) is 7.69. The van der Waals surface area contributed by atoms with Crippen molar-refractivity contribution in [1.82, 2.24) is 14.5 Å². The molecule has 0 bridgehead atoms. The number of nitrogens with zero attached hydrogens (tertiary/aromatic N) is 3. The van der Waals surface area contributed by atoms with Crippen LogP contribution in [0.25, 0.3) is 10.9 Å². The van der Waals surface area contributed by atoms with Crippen molar-refractivity contribution in [3.8, 4) is 0 Å². The number of benzene rings is 1. The van der Waals surface area contributed by atoms with E-state index < -0.39 is 9.84 Å². The Kier molecular flexibility index (Phi) is 4.16. The molecular formula is C16H19N3O4S. The second kappa shape index (κ2) is 6.01. The first-order chi connectivity index (χ1) is 11.3. The molecule has 1 atom stereocenters. The molecule has 0 spiro atoms. The number of sulfone groups is 1. The molecular weight excluding hydrogens is 330 g/mol. The van der Waals surface area contributed by atoms with E-state index in [0.29, 0.717) is 17.3 Å². The predicted molar refractivity (Wildman–Crippen MR) is 90.6 cm³/mol. The van der Waals surface area contributed by atoms with Crippen molar-refractivity contribution in [1.29, 1.82) is 0 Å². The number of hydrogen-bond donors (Lipinski definition) is 0. The van der Waals surface area contributed by atoms with Gasteiger partial charge in [-0.2, -0.15) is 0 Å². The lowest BCUT2D eigenvalue weighted by Gasteiger charge is -2.23. The standard InChI is InChI=1S/C16H19N3O4S/c1-11-3-4-14-13(7-11)16(21)19(10-17-14)8-15(20)18(2)12-5-6-24(22,23)9-12/h3-4,7,10,12H,5-6,8-9H2,1-2H3. The number of fused-ring (bicyclic) bond motifs is 1. The summed E-state index contributed by atoms with van der Waals surface area (Å²) in [7, 11) is -1.48. The third-order valence-corrected chi connectivity index (χ3v) is 6.19. The summed E-state index contributed by atoms with van der Waals surface area (Å²) >= 11 is 0. The number of rotatable bonds is 3. The Labute approximate surface area is 139 Å². The van der Waals surface area contributed by atoms with Crippen LogP contribution in [0.4, 0.5) is 0 Å². The van der Waals surface area contributed by atoms with Crippen LogP contribution < -0.4 is 5.56 Å². The highest BCUT2D eigenvalue weighted by Crippen LogP contribution is 2.17. The van der Waals surface area contributed by atoms with Gasteiger partial charge in [0.2, 0.25) is 5.91 Å². The highest BCUT2D eigenvalue weighted by Gasteiger charge is 2.32. The zero-order chi connectivity index (χ0) is 17.5. The summed E-state index contributed by atoms with van der Waals surface area (Å²) < 4.78 is 24.4. The van der Waals surface area contributed by atoms with Crippen molar-refractivity contribution in [2.24, 2.45) is 0 Å². The van der Waals surface area contributed by atoms with Crippen molar-refractivity contribution in [3.63, 3.8) is 0 Å². The Morgan fingerprint density at radius 1 is 1.42 bits per heavy atom. The van der Waals surface area contributed by atoms with Crippen molar-refractivity contribution in [2.45, 2.75) is 25.9 Å². The minimum absolute atomic E-state index is 0.0146. The van der Waals surface area contributed by atoms with Gasteiger partial charge in [-0.05, 0) is 25.5 Å². The molecule has 1 aromatic heterocycles. The SMILES string of the molecule is Cc1ccc2ncn(CC(=O)N(C)C3CCS(=O)(=O)C3)c(=O)c2c1. The predicted octanol–water partition coefficient (Wildman–Crippen LogP) is 0.350. The average molecular weight is 349 g/mol. The molecule has 1 unspecified atom stereocenters. The normalized spacial score (nSPS) is 19.5. The van der Waals surface area contributed by atoms with E-state index in [1.165, 1.54) is 15.8 Å². The van der Waals surface area contributed by atoms with Crippen LogP contribution in [-0.2, 0) is 21.2 Å². The Bertz CT molecular complexity index is 965. The highest BCUT2D eigenvalue weighted by molar-refractivity contribution is 7.91. The van der Waals surface area contributed by atoms with E-state index in [1.54, 1.807) is 19.2 Å². The van der Waals surface area contributed by atoms with Crippen LogP contribution in [0.2, 0.25) is 0 Å². The van der Waals surface area contributed by atoms with Crippen LogP contribution in [0.5, 0.6) is 0 Å². The third-order valence-electron chi connectivity index (χ3n) is 4.43. The molecule has 1 saturated heterocycles. The van der Waals surface area contributed by atoms with Crippen LogP contribution in [0.3, 0.4) is 0 Å². The van der Waals surface area contributed by atoms with Crippen LogP contribution in [-0.4, -0.2) is 53.4 Å². The Hall–Kier alpha value is -2.22. The monoisotopic (exact) mass is 349 g/mol. The van der Waals surface area contributed by atoms with Crippen molar-refractivity contribution in [2.75, 3.05) is 18.6 Å². The molecule has 1 aliphatic rings. The van der Waals surface area contributed by atoms with Gasteiger partial charge in [-0.15, -0.1) is 0 Å². The molecule has 0 saturated carbocycles. The lowest BCUT2D eigenvalue weighted by Crippen LogP contribution is -2.41. The largest absolute Gasteiger partial charge is 0.340 e. The topological polar surface area (TPSA) is 89.3 Å². The maximum absolute atomic E-state index is 12.5. The maximum Gasteiger partial charge on any atom is 0.261 e. The molecule has 0 aliphatic carbocycles. The van der Waals surface area contributed by atoms with Gasteiger partial charge in [-0.25, -0.2) is 13.4 Å². The number of hydrogen-bond acceptors (Lipinski definition) is 5. The van der Waals surface area contributed by atoms with Crippen LogP contribution in [0.1, 0.15) is 12.0 Å². The zero-order valence-corrected chi connectivity index (χ0v) is 14.4. The van der Waals surface area contributed by atoms with E-state index in [2.05, 4.69) is 4.98 Å². The fourth-order valence-corrected chi connectivity index (χ4v) is 4.70. The molecule has 2 aromatic rings. The molecule has 8 heteroatoms. The van der Waals surface area contributed by atoms with Gasteiger partial charge in [0.1, 0.15) is 6.54 Å². The van der Waals surface area contributed by atoms with E-state index in [-0.39, 0.29) is 35.6 Å². The van der Waals surface area contributed by atoms with Crippen molar-refractivity contribution in [3.05, 3.63) is 40.4 Å². The van der Waals surface area contributed by atoms with Gasteiger partial charge < -0.3 is 4.90 Å². The molecule has 1 aromatic carbocycles. The molecule has 1 fully saturated rings. The van der Waals surface area contributed by atoms with Crippen LogP contribution in [0, 0.1) is 6.92 Å². The highest BCUT2D eigenvalue weighted by atomic mass is 32.2. The smallest absolute Gasteiger partial charge is 0.261 e. The molecule has 2 heterocycles. The molecule has 1 aliphatic heterocycles. The summed E-state index contributed by atoms with van der Waals surface area (Å²) in [6.45, 7) is 1.73. The van der Waals surface area contributed by atoms with Gasteiger partial charge in [0.25, 0.3) is 5.56 Å². The lowest BCUT2D eigenvalue weighted by atomic mass is 10.2. The molecule has 128 valence electrons. The van der Waals surface area contributed by atoms with Gasteiger partial charge in [0.15, 0.2) is 9.84 Å². The van der Waals surface area contributed by atoms with Gasteiger partial charge in [0, 0.05) is 13.1 Å². The summed E-state index contributed by atoms with van der Waals surface area (Å²) in [5.74, 6) is -0.210. The number of amides is 1. The van der Waals surface area contributed by atoms with Crippen molar-refractivity contribution >= 4 is 26.6 Å². The van der Waals surface area contributed by atoms with Gasteiger partial charge in [-0.3, -0.25) is 14.2 Å². The number of aromatic nitrogens is 2. The summed E-state index contributed by atoms with van der Waals surface area (Å²) in [6.07, 6.45) is 1.80. The number of carbonyl (C=O) groups excluding carboxylic acids is 1. The van der Waals surface area contributed by atoms with Crippen LogP contribution >= 0.6 is 0 Å². The molecule has 0 radical (unpaired) electrons. The Balaban J connectivity index is 1.83. The Morgan fingerprint density at radius 3 is 2.83 bits per heavy atom. The lowest BCUT2D eigenvalue weighted by molar-refractivity contribution is -0.132. The summed E-state index contributed by atoms with van der Waals surface area (Å²) in [5.41, 5.74) is 1.26. The quantitative estimate of drug-likeness (QED) is 0.798. The fraction of sp³-hybridized carbons (Fsp3) is 0.438. The first kappa shape index (κ1) is 16.6. The molecule has 24 heavy (non-hydrogen) atoms. The van der Waals surface area contributed by atoms with E-state index in [0.717, 1.165) is 5.56 Å². The van der Waals surface area contributed by atoms with E-state index >= 15 is 0 Å². The van der Waals surface area contributed by atoms with E-state index in [9.17, 15) is 18.0 Å². The van der Waals surface area contributed by atoms with Gasteiger partial charge >= 0.3 is 0 Å². The summed E-state index contributed by atoms with van der Waals surface area (Å²) in [5, 5.41) is 0.469. The number of likely N-dealkylation sites (N-methyl/N-ethyl adjacent to an activating group) is 1. The number of aryl methyl sites for hydroxylation is 1. The second-order valence-electron chi connectivity index (χ2n) is 6.26. The zero-order valence-electron chi connectivity index (χ0n) is 13.6. The van der Waals surface area contributed by atoms with Gasteiger partial charge in [-0.1, -0.05) is 11.6 Å². The molecule has 0 N–H and O–H groups in total. The average Bonchev–Trinajstić information content (AvgIpc) is 2.89. The van der Waals surface area contributed by atoms with Crippen molar-refractivity contribution < 1.29 is 13.2 Å². The molecule has 7 nitrogen and oxygen atoms in total. The molecule has 3 rings (SSSR count). The summed E-state index contributed by atoms with van der Waals surface area (Å²) in [4.78, 5) is 30.6. The van der Waals surface area contributed by atoms with E-state index in [1.807, 2.05) is 13.0 Å². The maximum atomic E-state index is 12.5. The van der Waals surface area contributed by atoms with E-state index in [4.69, 9.17) is 0 Å². The third kappa shape index (κ3) is 3.19. The fourth-order valence-electron chi connectivity index (χ4n) is 2.93. The summed E-state index contributed by atoms with van der Waals surface area (Å²) in [6, 6.07) is 5.07. The van der Waals surface area contributed by atoms with Crippen LogP contribution in [0.15, 0.2) is 29.3 Å². The van der Waals surface area contributed by atoms with Gasteiger partial charge in [0.05, 0.1) is 28.7 Å². The second-order valence-corrected chi connectivity index (χ2v) is 8.49. The first-order valence-corrected chi connectivity index (χ1v) is 9.51. The Morgan fingerprint density at radius 2 is 2.17 bits per heavy atom.